The summed E-state index contributed by atoms with van der Waals surface area (Å²) in [6.45, 7) is 32.7. The third-order valence-electron chi connectivity index (χ3n) is 32.9. The first-order chi connectivity index (χ1) is 70.0. The van der Waals surface area contributed by atoms with Crippen LogP contribution in [0.4, 0.5) is 45.5 Å². The number of rotatable bonds is 6. The SMILES string of the molecule is Cc1cc2cc(C)c1NC(=O)c1cccc(c1)C(=O)Nc1c(C)cc(cc1C)C1(CCCCC1)c1cc(C)c(c(C)c1)NC(=O)c1cc(OCc3ccc(COc4cc5cc(c4)C(=O)Nc4c(C)cc(cc4C)C4(CCCCC4)c4cc(C)c(c(C)c4)NC(=O)c4cccc(c4)C(=O)Nc4c(C)cc(cc4C)C4(CCCCC4)c4cc(C)c(c(C)c4)NC5=O)cc3)cc(c1)C(=O)Nc1c(C)cc(cc1C)C21CCCCC1. The van der Waals surface area contributed by atoms with Crippen LogP contribution in [-0.2, 0) is 34.9 Å². The average Bonchev–Trinajstić information content (AvgIpc) is 0.757. The van der Waals surface area contributed by atoms with E-state index in [9.17, 15) is 19.2 Å². The van der Waals surface area contributed by atoms with Crippen molar-refractivity contribution in [2.24, 2.45) is 0 Å². The molecule has 146 heavy (non-hydrogen) atoms. The standard InChI is InChI=1S/C128H134N8O10/c1-73-47-99-48-74(2)109(73)129-117(137)91-31-29-32-92(63-91)118(138)130-110-75(3)49-100(50-76(110)4)126(41-23-18-24-42-126)104-57-83(11)114(84(12)58-104)134-122(142)96-65-95(121(141)133-113-81(9)55-103(56-82(113)10)125(99)39-21-17-22-40-125)67-107(68-96)145-71-89-35-37-90(38-36-89)72-146-108-69-97-66-98(70-108)124(144)136-116-87(15)61-106(62-88(116)16)128(45-27-20-28-46-128)102-53-79(7)112(80(8)54-102)132-120(140)94-34-30-33-93(64-94)119(139)131-111-77(5)51-101(52-78(111)6)127(43-25-19-26-44-127)105-59-85(13)115(86(14)60-105)135-123(97)143/h29-38,47-70H,17-28,39-46,71-72H2,1-16H3,(H,129,137)(H,130,138)(H,131,139)(H,132,140)(H,133,141)(H,134,142)(H,135,143)(H,136,144). The normalized spacial score (nSPS) is 16.8. The Labute approximate surface area is 858 Å². The number of nitrogens with one attached hydrogen (secondary N) is 8. The van der Waals surface area contributed by atoms with Crippen LogP contribution in [0.1, 0.15) is 356 Å². The molecule has 13 aromatic rings. The third kappa shape index (κ3) is 19.6. The molecule has 24 bridgehead atoms. The van der Waals surface area contributed by atoms with Gasteiger partial charge < -0.3 is 52.0 Å². The molecule has 4 fully saturated rings. The van der Waals surface area contributed by atoms with Crippen LogP contribution in [-0.4, -0.2) is 47.3 Å². The van der Waals surface area contributed by atoms with Gasteiger partial charge in [-0.3, -0.25) is 38.4 Å². The van der Waals surface area contributed by atoms with E-state index < -0.39 is 23.6 Å². The highest BCUT2D eigenvalue weighted by atomic mass is 16.5. The highest BCUT2D eigenvalue weighted by molar-refractivity contribution is 6.14. The zero-order valence-electron chi connectivity index (χ0n) is 87.3. The van der Waals surface area contributed by atoms with Crippen LogP contribution in [0.15, 0.2) is 206 Å². The lowest BCUT2D eigenvalue weighted by Crippen LogP contribution is -2.31. The van der Waals surface area contributed by atoms with Crippen molar-refractivity contribution in [1.82, 2.24) is 0 Å². The van der Waals surface area contributed by atoms with Crippen molar-refractivity contribution in [2.75, 3.05) is 42.5 Å². The van der Waals surface area contributed by atoms with Crippen LogP contribution in [0.3, 0.4) is 0 Å². The van der Waals surface area contributed by atoms with E-state index in [0.29, 0.717) is 56.5 Å². The molecular formula is C128H134N8O10. The molecule has 0 atom stereocenters. The molecule has 4 spiro atoms. The van der Waals surface area contributed by atoms with Crippen LogP contribution in [0.5, 0.6) is 11.5 Å². The lowest BCUT2D eigenvalue weighted by molar-refractivity contribution is 0.101. The second kappa shape index (κ2) is 40.7. The molecule has 21 aliphatic rings. The fourth-order valence-electron chi connectivity index (χ4n) is 25.1. The van der Waals surface area contributed by atoms with E-state index in [4.69, 9.17) is 9.47 Å². The first-order valence-electron chi connectivity index (χ1n) is 52.3. The molecule has 17 heterocycles. The Balaban J connectivity index is 0.633. The first kappa shape index (κ1) is 99.9. The number of amides is 8. The van der Waals surface area contributed by atoms with Gasteiger partial charge in [0.1, 0.15) is 24.7 Å². The molecule has 17 aliphatic heterocycles. The van der Waals surface area contributed by atoms with Crippen LogP contribution in [0.2, 0.25) is 0 Å². The Hall–Kier alpha value is -14.8. The van der Waals surface area contributed by atoms with Crippen LogP contribution >= 0.6 is 0 Å². The molecule has 0 unspecified atom stereocenters. The molecule has 13 aromatic carbocycles. The van der Waals surface area contributed by atoms with Gasteiger partial charge in [-0.15, -0.1) is 0 Å². The van der Waals surface area contributed by atoms with Gasteiger partial charge in [0, 0.05) is 112 Å². The average molecular weight is 1940 g/mol. The fourth-order valence-corrected chi connectivity index (χ4v) is 25.1. The van der Waals surface area contributed by atoms with Gasteiger partial charge in [0.05, 0.1) is 0 Å². The molecule has 0 aromatic heterocycles. The van der Waals surface area contributed by atoms with Crippen molar-refractivity contribution in [3.63, 3.8) is 0 Å². The Morgan fingerprint density at radius 1 is 0.185 bits per heavy atom. The topological polar surface area (TPSA) is 251 Å². The van der Waals surface area contributed by atoms with Crippen LogP contribution in [0.25, 0.3) is 0 Å². The number of carbonyl (C=O) groups excluding carboxylic acids is 8. The van der Waals surface area contributed by atoms with E-state index in [-0.39, 0.29) is 80.8 Å². The summed E-state index contributed by atoms with van der Waals surface area (Å²) in [5.41, 5.74) is 31.6. The highest BCUT2D eigenvalue weighted by Gasteiger charge is 2.43. The van der Waals surface area contributed by atoms with Gasteiger partial charge in [-0.05, 0) is 380 Å². The zero-order chi connectivity index (χ0) is 103. The molecule has 746 valence electrons. The molecule has 18 heteroatoms. The lowest BCUT2D eigenvalue weighted by atomic mass is 9.64. The summed E-state index contributed by atoms with van der Waals surface area (Å²) in [6.07, 6.45) is 19.9. The van der Waals surface area contributed by atoms with Crippen molar-refractivity contribution in [3.05, 3.63) is 395 Å². The quantitative estimate of drug-likeness (QED) is 0.0782. The second-order valence-electron chi connectivity index (χ2n) is 43.1. The summed E-state index contributed by atoms with van der Waals surface area (Å²) >= 11 is 0. The van der Waals surface area contributed by atoms with Gasteiger partial charge >= 0.3 is 0 Å². The molecule has 4 aliphatic carbocycles. The maximum absolute atomic E-state index is 15.4. The molecular weight excluding hydrogens is 1810 g/mol. The summed E-state index contributed by atoms with van der Waals surface area (Å²) in [7, 11) is 0. The third-order valence-corrected chi connectivity index (χ3v) is 32.9. The highest BCUT2D eigenvalue weighted by Crippen LogP contribution is 2.54. The molecule has 34 rings (SSSR count). The van der Waals surface area contributed by atoms with Gasteiger partial charge in [-0.25, -0.2) is 0 Å². The van der Waals surface area contributed by atoms with Crippen LogP contribution < -0.4 is 52.0 Å². The van der Waals surface area contributed by atoms with E-state index in [1.807, 2.05) is 135 Å². The Bertz CT molecular complexity index is 6490. The summed E-state index contributed by atoms with van der Waals surface area (Å²) in [5, 5.41) is 26.2. The lowest BCUT2D eigenvalue weighted by Gasteiger charge is -2.40. The molecule has 0 radical (unpaired) electrons. The number of anilines is 8. The van der Waals surface area contributed by atoms with E-state index in [0.717, 1.165) is 296 Å². The Morgan fingerprint density at radius 2 is 0.329 bits per heavy atom. The minimum Gasteiger partial charge on any atom is -0.489 e. The zero-order valence-corrected chi connectivity index (χ0v) is 87.3. The van der Waals surface area contributed by atoms with Crippen molar-refractivity contribution in [3.8, 4) is 11.5 Å². The summed E-state index contributed by atoms with van der Waals surface area (Å²) in [5.74, 6) is -2.35. The van der Waals surface area contributed by atoms with E-state index >= 15 is 19.2 Å². The maximum Gasteiger partial charge on any atom is 0.255 e. The molecule has 4 saturated carbocycles. The van der Waals surface area contributed by atoms with E-state index in [1.54, 1.807) is 84.9 Å². The first-order valence-corrected chi connectivity index (χ1v) is 52.3. The maximum atomic E-state index is 15.4. The minimum atomic E-state index is -0.423. The summed E-state index contributed by atoms with van der Waals surface area (Å²) < 4.78 is 13.5. The molecule has 18 nitrogen and oxygen atoms in total. The van der Waals surface area contributed by atoms with Gasteiger partial charge in [0.2, 0.25) is 0 Å². The van der Waals surface area contributed by atoms with Gasteiger partial charge in [-0.2, -0.15) is 0 Å². The summed E-state index contributed by atoms with van der Waals surface area (Å²) in [6, 6.07) is 67.0. The Morgan fingerprint density at radius 3 is 0.486 bits per heavy atom. The van der Waals surface area contributed by atoms with Gasteiger partial charge in [-0.1, -0.05) is 211 Å². The van der Waals surface area contributed by atoms with Crippen molar-refractivity contribution < 1.29 is 47.8 Å². The second-order valence-corrected chi connectivity index (χ2v) is 43.1. The van der Waals surface area contributed by atoms with Crippen LogP contribution in [0, 0.1) is 111 Å². The molecule has 8 N–H and O–H groups in total. The number of hydrogen-bond acceptors (Lipinski definition) is 10. The van der Waals surface area contributed by atoms with Gasteiger partial charge in [0.15, 0.2) is 0 Å². The predicted octanol–water partition coefficient (Wildman–Crippen LogP) is 29.4. The number of benzene rings is 13. The van der Waals surface area contributed by atoms with E-state index in [1.165, 1.54) is 0 Å². The molecule has 8 amide bonds. The summed E-state index contributed by atoms with van der Waals surface area (Å²) in [4.78, 5) is 119. The van der Waals surface area contributed by atoms with E-state index in [2.05, 4.69) is 140 Å². The fraction of sp³-hybridized carbons (Fsp3) is 0.328. The Kier molecular flexibility index (Phi) is 27.8. The number of ether oxygens (including phenoxy) is 2. The largest absolute Gasteiger partial charge is 0.489 e. The number of aryl methyl sites for hydroxylation is 16. The monoisotopic (exact) mass is 1940 g/mol. The smallest absolute Gasteiger partial charge is 0.255 e. The number of hydrogen-bond donors (Lipinski definition) is 8. The minimum absolute atomic E-state index is 0.0540. The van der Waals surface area contributed by atoms with Crippen molar-refractivity contribution >= 4 is 92.8 Å². The predicted molar refractivity (Wildman–Crippen MR) is 587 cm³/mol. The van der Waals surface area contributed by atoms with Crippen molar-refractivity contribution in [2.45, 2.75) is 274 Å². The molecule has 0 saturated heterocycles. The van der Waals surface area contributed by atoms with Crippen molar-refractivity contribution in [1.29, 1.82) is 0 Å². The van der Waals surface area contributed by atoms with Gasteiger partial charge in [0.25, 0.3) is 47.3 Å². The number of carbonyl (C=O) groups is 8.